The molecule has 1 aliphatic carbocycles. The van der Waals surface area contributed by atoms with Gasteiger partial charge in [0.1, 0.15) is 5.54 Å². The number of carbonyl (C=O) groups is 2. The standard InChI is InChI=1S/C13H24N2O3/c1-13(12(17)18,10-7-8-10)15-11(16)6-4-2-3-5-9-14/h10H,2-9,14H2,1H3,(H,15,16)(H,17,18). The Kier molecular flexibility index (Phi) is 5.59. The highest BCUT2D eigenvalue weighted by atomic mass is 16.4. The van der Waals surface area contributed by atoms with Gasteiger partial charge in [-0.1, -0.05) is 12.8 Å². The zero-order valence-electron chi connectivity index (χ0n) is 11.1. The second kappa shape index (κ2) is 6.73. The number of aliphatic carboxylic acids is 1. The van der Waals surface area contributed by atoms with Crippen LogP contribution in [0.2, 0.25) is 0 Å². The molecule has 18 heavy (non-hydrogen) atoms. The van der Waals surface area contributed by atoms with Gasteiger partial charge in [-0.05, 0) is 45.1 Å². The third kappa shape index (κ3) is 4.29. The van der Waals surface area contributed by atoms with Crippen LogP contribution in [0.3, 0.4) is 0 Å². The third-order valence-corrected chi connectivity index (χ3v) is 3.60. The van der Waals surface area contributed by atoms with E-state index >= 15 is 0 Å². The summed E-state index contributed by atoms with van der Waals surface area (Å²) in [5.41, 5.74) is 4.31. The van der Waals surface area contributed by atoms with Gasteiger partial charge >= 0.3 is 5.97 Å². The summed E-state index contributed by atoms with van der Waals surface area (Å²) in [6.45, 7) is 2.30. The smallest absolute Gasteiger partial charge is 0.329 e. The number of amides is 1. The van der Waals surface area contributed by atoms with E-state index in [1.807, 2.05) is 0 Å². The maximum atomic E-state index is 11.7. The fourth-order valence-corrected chi connectivity index (χ4v) is 2.13. The molecule has 1 rings (SSSR count). The highest BCUT2D eigenvalue weighted by Crippen LogP contribution is 2.39. The first kappa shape index (κ1) is 15.0. The van der Waals surface area contributed by atoms with Gasteiger partial charge in [-0.25, -0.2) is 4.79 Å². The minimum Gasteiger partial charge on any atom is -0.480 e. The summed E-state index contributed by atoms with van der Waals surface area (Å²) in [6, 6.07) is 0. The first-order chi connectivity index (χ1) is 8.50. The van der Waals surface area contributed by atoms with Crippen molar-refractivity contribution >= 4 is 11.9 Å². The largest absolute Gasteiger partial charge is 0.480 e. The molecule has 0 saturated heterocycles. The van der Waals surface area contributed by atoms with Crippen molar-refractivity contribution in [2.45, 2.75) is 57.4 Å². The second-order valence-electron chi connectivity index (χ2n) is 5.28. The molecule has 0 bridgehead atoms. The number of rotatable bonds is 9. The lowest BCUT2D eigenvalue weighted by Gasteiger charge is -2.26. The van der Waals surface area contributed by atoms with Crippen molar-refractivity contribution in [1.82, 2.24) is 5.32 Å². The molecule has 104 valence electrons. The molecule has 0 heterocycles. The Bertz CT molecular complexity index is 303. The minimum absolute atomic E-state index is 0.0937. The van der Waals surface area contributed by atoms with E-state index in [1.165, 1.54) is 0 Å². The molecule has 0 spiro atoms. The van der Waals surface area contributed by atoms with Gasteiger partial charge in [-0.3, -0.25) is 4.79 Å². The van der Waals surface area contributed by atoms with Crippen molar-refractivity contribution < 1.29 is 14.7 Å². The maximum Gasteiger partial charge on any atom is 0.329 e. The van der Waals surface area contributed by atoms with Crippen LogP contribution in [0.15, 0.2) is 0 Å². The van der Waals surface area contributed by atoms with E-state index in [0.29, 0.717) is 13.0 Å². The Morgan fingerprint density at radius 2 is 1.89 bits per heavy atom. The molecule has 4 N–H and O–H groups in total. The summed E-state index contributed by atoms with van der Waals surface area (Å²) in [5.74, 6) is -0.989. The van der Waals surface area contributed by atoms with Crippen molar-refractivity contribution in [2.75, 3.05) is 6.54 Å². The van der Waals surface area contributed by atoms with Crippen molar-refractivity contribution in [3.05, 3.63) is 0 Å². The average Bonchev–Trinajstić information content (AvgIpc) is 3.12. The summed E-state index contributed by atoms with van der Waals surface area (Å²) in [4.78, 5) is 23.0. The number of carbonyl (C=O) groups excluding carboxylic acids is 1. The van der Waals surface area contributed by atoms with Gasteiger partial charge in [0.05, 0.1) is 0 Å². The van der Waals surface area contributed by atoms with Crippen LogP contribution in [-0.2, 0) is 9.59 Å². The van der Waals surface area contributed by atoms with Crippen LogP contribution in [0, 0.1) is 5.92 Å². The molecule has 1 amide bonds. The number of carboxylic acids is 1. The predicted octanol–water partition coefficient (Wildman–Crippen LogP) is 1.27. The van der Waals surface area contributed by atoms with E-state index < -0.39 is 11.5 Å². The van der Waals surface area contributed by atoms with Gasteiger partial charge in [-0.15, -0.1) is 0 Å². The van der Waals surface area contributed by atoms with Crippen LogP contribution in [0.25, 0.3) is 0 Å². The highest BCUT2D eigenvalue weighted by Gasteiger charge is 2.48. The second-order valence-corrected chi connectivity index (χ2v) is 5.28. The number of nitrogens with two attached hydrogens (primary N) is 1. The summed E-state index contributed by atoms with van der Waals surface area (Å²) in [5, 5.41) is 11.9. The Morgan fingerprint density at radius 3 is 2.39 bits per heavy atom. The molecule has 1 unspecified atom stereocenters. The monoisotopic (exact) mass is 256 g/mol. The molecule has 0 aromatic heterocycles. The number of hydrogen-bond acceptors (Lipinski definition) is 3. The van der Waals surface area contributed by atoms with Gasteiger partial charge < -0.3 is 16.2 Å². The molecule has 0 radical (unpaired) electrons. The molecule has 0 aromatic carbocycles. The van der Waals surface area contributed by atoms with Gasteiger partial charge in [0.2, 0.25) is 5.91 Å². The predicted molar refractivity (Wildman–Crippen MR) is 69.0 cm³/mol. The lowest BCUT2D eigenvalue weighted by Crippen LogP contribution is -2.53. The molecule has 0 aliphatic heterocycles. The van der Waals surface area contributed by atoms with Crippen molar-refractivity contribution in [1.29, 1.82) is 0 Å². The molecule has 5 heteroatoms. The first-order valence-electron chi connectivity index (χ1n) is 6.75. The Labute approximate surface area is 108 Å². The zero-order chi connectivity index (χ0) is 13.6. The lowest BCUT2D eigenvalue weighted by atomic mass is 9.95. The molecule has 1 aliphatic rings. The van der Waals surface area contributed by atoms with Gasteiger partial charge in [0.25, 0.3) is 0 Å². The van der Waals surface area contributed by atoms with Crippen molar-refractivity contribution in [3.8, 4) is 0 Å². The normalized spacial score (nSPS) is 18.1. The third-order valence-electron chi connectivity index (χ3n) is 3.60. The van der Waals surface area contributed by atoms with Crippen LogP contribution in [0.1, 0.15) is 51.9 Å². The van der Waals surface area contributed by atoms with Crippen LogP contribution in [0.4, 0.5) is 0 Å². The molecule has 1 saturated carbocycles. The first-order valence-corrected chi connectivity index (χ1v) is 6.75. The van der Waals surface area contributed by atoms with E-state index in [-0.39, 0.29) is 11.8 Å². The van der Waals surface area contributed by atoms with Crippen LogP contribution in [0.5, 0.6) is 0 Å². The maximum absolute atomic E-state index is 11.7. The molecule has 1 atom stereocenters. The van der Waals surface area contributed by atoms with Crippen molar-refractivity contribution in [3.63, 3.8) is 0 Å². The SMILES string of the molecule is CC(NC(=O)CCCCCCN)(C(=O)O)C1CC1. The number of nitrogens with one attached hydrogen (secondary N) is 1. The molecular formula is C13H24N2O3. The zero-order valence-corrected chi connectivity index (χ0v) is 11.1. The van der Waals surface area contributed by atoms with Crippen LogP contribution in [-0.4, -0.2) is 29.1 Å². The molecule has 5 nitrogen and oxygen atoms in total. The van der Waals surface area contributed by atoms with E-state index in [2.05, 4.69) is 5.32 Å². The van der Waals surface area contributed by atoms with E-state index in [1.54, 1.807) is 6.92 Å². The number of carboxylic acid groups (broad SMARTS) is 1. The van der Waals surface area contributed by atoms with Gasteiger partial charge in [0.15, 0.2) is 0 Å². The highest BCUT2D eigenvalue weighted by molar-refractivity contribution is 5.87. The molecule has 0 aromatic rings. The Morgan fingerprint density at radius 1 is 1.28 bits per heavy atom. The van der Waals surface area contributed by atoms with Crippen molar-refractivity contribution in [2.24, 2.45) is 11.7 Å². The fraction of sp³-hybridized carbons (Fsp3) is 0.846. The molecule has 1 fully saturated rings. The minimum atomic E-state index is -1.08. The van der Waals surface area contributed by atoms with E-state index in [0.717, 1.165) is 38.5 Å². The van der Waals surface area contributed by atoms with Crippen LogP contribution < -0.4 is 11.1 Å². The summed E-state index contributed by atoms with van der Waals surface area (Å²) < 4.78 is 0. The average molecular weight is 256 g/mol. The summed E-state index contributed by atoms with van der Waals surface area (Å²) >= 11 is 0. The Balaban J connectivity index is 2.27. The summed E-state index contributed by atoms with van der Waals surface area (Å²) in [6.07, 6.45) is 5.96. The van der Waals surface area contributed by atoms with Gasteiger partial charge in [-0.2, -0.15) is 0 Å². The molecular weight excluding hydrogens is 232 g/mol. The van der Waals surface area contributed by atoms with Crippen LogP contribution >= 0.6 is 0 Å². The lowest BCUT2D eigenvalue weighted by molar-refractivity contribution is -0.147. The van der Waals surface area contributed by atoms with E-state index in [9.17, 15) is 14.7 Å². The topological polar surface area (TPSA) is 92.4 Å². The fourth-order valence-electron chi connectivity index (χ4n) is 2.13. The number of unbranched alkanes of at least 4 members (excludes halogenated alkanes) is 3. The van der Waals surface area contributed by atoms with Gasteiger partial charge in [0, 0.05) is 6.42 Å². The van der Waals surface area contributed by atoms with E-state index in [4.69, 9.17) is 5.73 Å². The number of hydrogen-bond donors (Lipinski definition) is 3. The summed E-state index contributed by atoms with van der Waals surface area (Å²) in [7, 11) is 0. The Hall–Kier alpha value is -1.10. The quantitative estimate of drug-likeness (QED) is 0.542.